The lowest BCUT2D eigenvalue weighted by atomic mass is 9.99. The summed E-state index contributed by atoms with van der Waals surface area (Å²) in [6.45, 7) is 7.22. The van der Waals surface area contributed by atoms with Gasteiger partial charge in [0.05, 0.1) is 24.9 Å². The summed E-state index contributed by atoms with van der Waals surface area (Å²) in [5.74, 6) is -0.707. The maximum Gasteiger partial charge on any atom is 0.296 e. The van der Waals surface area contributed by atoms with Gasteiger partial charge in [-0.2, -0.15) is 0 Å². The Morgan fingerprint density at radius 3 is 2.53 bits per heavy atom. The summed E-state index contributed by atoms with van der Waals surface area (Å²) in [7, 11) is 1.73. The van der Waals surface area contributed by atoms with E-state index in [0.29, 0.717) is 18.7 Å². The van der Waals surface area contributed by atoms with Gasteiger partial charge in [-0.3, -0.25) is 19.8 Å². The van der Waals surface area contributed by atoms with Crippen molar-refractivity contribution in [1.29, 1.82) is 0 Å². The van der Waals surface area contributed by atoms with Gasteiger partial charge >= 0.3 is 0 Å². The van der Waals surface area contributed by atoms with Gasteiger partial charge < -0.3 is 9.30 Å². The van der Waals surface area contributed by atoms with Gasteiger partial charge in [-0.25, -0.2) is 14.4 Å². The lowest BCUT2D eigenvalue weighted by Crippen LogP contribution is -2.46. The first-order chi connectivity index (χ1) is 16.5. The molecule has 2 aliphatic rings. The lowest BCUT2D eigenvalue weighted by molar-refractivity contribution is -0.0606. The molecule has 1 saturated heterocycles. The molecule has 4 heterocycles. The van der Waals surface area contributed by atoms with Gasteiger partial charge in [-0.15, -0.1) is 0 Å². The van der Waals surface area contributed by atoms with Crippen molar-refractivity contribution in [3.05, 3.63) is 64.9 Å². The molecule has 180 valence electrons. The number of halogens is 1. The molecule has 1 amide bonds. The normalized spacial score (nSPS) is 17.5. The van der Waals surface area contributed by atoms with Crippen molar-refractivity contribution in [3.8, 4) is 0 Å². The molecule has 2 aliphatic heterocycles. The second-order valence-corrected chi connectivity index (χ2v) is 9.04. The van der Waals surface area contributed by atoms with Gasteiger partial charge in [0.1, 0.15) is 11.5 Å². The van der Waals surface area contributed by atoms with Crippen LogP contribution in [0.25, 0.3) is 10.9 Å². The summed E-state index contributed by atoms with van der Waals surface area (Å²) in [5.41, 5.74) is 4.33. The van der Waals surface area contributed by atoms with Crippen molar-refractivity contribution >= 4 is 16.8 Å². The van der Waals surface area contributed by atoms with E-state index in [9.17, 15) is 14.4 Å². The SMILES string of the molecule is COCCN1CCN(Cc2cn(Cc3ccc(F)cc3)c3cnc4c(c23)CCN(O)C4=O)CC1. The first kappa shape index (κ1) is 22.9. The Hall–Kier alpha value is -2.85. The third-order valence-corrected chi connectivity index (χ3v) is 6.85. The number of piperazine rings is 1. The van der Waals surface area contributed by atoms with E-state index in [0.717, 1.165) is 78.5 Å². The Labute approximate surface area is 198 Å². The van der Waals surface area contributed by atoms with E-state index in [2.05, 4.69) is 25.5 Å². The number of ether oxygens (including phenoxy) is 1. The van der Waals surface area contributed by atoms with Crippen LogP contribution in [0.2, 0.25) is 0 Å². The molecule has 0 atom stereocenters. The molecule has 0 spiro atoms. The van der Waals surface area contributed by atoms with Crippen molar-refractivity contribution < 1.29 is 19.1 Å². The predicted octanol–water partition coefficient (Wildman–Crippen LogP) is 2.38. The van der Waals surface area contributed by atoms with Crippen LogP contribution >= 0.6 is 0 Å². The fourth-order valence-corrected chi connectivity index (χ4v) is 4.98. The van der Waals surface area contributed by atoms with Crippen LogP contribution in [0.15, 0.2) is 36.7 Å². The zero-order valence-corrected chi connectivity index (χ0v) is 19.4. The number of methoxy groups -OCH3 is 1. The summed E-state index contributed by atoms with van der Waals surface area (Å²) in [6.07, 6.45) is 4.42. The minimum absolute atomic E-state index is 0.255. The predicted molar refractivity (Wildman–Crippen MR) is 125 cm³/mol. The number of fused-ring (bicyclic) bond motifs is 3. The summed E-state index contributed by atoms with van der Waals surface area (Å²) in [4.78, 5) is 21.8. The smallest absolute Gasteiger partial charge is 0.296 e. The average Bonchev–Trinajstić information content (AvgIpc) is 3.19. The lowest BCUT2D eigenvalue weighted by Gasteiger charge is -2.34. The van der Waals surface area contributed by atoms with Crippen LogP contribution in [0.4, 0.5) is 4.39 Å². The third kappa shape index (κ3) is 4.56. The number of hydrogen-bond donors (Lipinski definition) is 1. The number of benzene rings is 1. The molecule has 1 N–H and O–H groups in total. The number of aromatic nitrogens is 2. The number of hydroxylamine groups is 2. The maximum absolute atomic E-state index is 13.4. The van der Waals surface area contributed by atoms with Crippen LogP contribution in [0, 0.1) is 5.82 Å². The number of nitrogens with zero attached hydrogens (tertiary/aromatic N) is 5. The molecule has 1 aromatic carbocycles. The largest absolute Gasteiger partial charge is 0.383 e. The Morgan fingerprint density at radius 1 is 1.06 bits per heavy atom. The second-order valence-electron chi connectivity index (χ2n) is 9.04. The second kappa shape index (κ2) is 9.79. The Bertz CT molecular complexity index is 1170. The highest BCUT2D eigenvalue weighted by Gasteiger charge is 2.29. The number of hydrogen-bond acceptors (Lipinski definition) is 6. The van der Waals surface area contributed by atoms with E-state index in [1.165, 1.54) is 12.1 Å². The molecule has 9 heteroatoms. The van der Waals surface area contributed by atoms with Crippen molar-refractivity contribution in [2.75, 3.05) is 53.0 Å². The third-order valence-electron chi connectivity index (χ3n) is 6.85. The summed E-state index contributed by atoms with van der Waals surface area (Å²) in [6, 6.07) is 6.53. The molecule has 0 aliphatic carbocycles. The molecule has 0 unspecified atom stereocenters. The number of rotatable bonds is 7. The van der Waals surface area contributed by atoms with Gasteiger partial charge in [-0.1, -0.05) is 12.1 Å². The molecule has 3 aromatic rings. The van der Waals surface area contributed by atoms with Crippen LogP contribution < -0.4 is 0 Å². The highest BCUT2D eigenvalue weighted by atomic mass is 19.1. The van der Waals surface area contributed by atoms with E-state index in [1.807, 2.05) is 0 Å². The fourth-order valence-electron chi connectivity index (χ4n) is 4.98. The molecule has 2 aromatic heterocycles. The van der Waals surface area contributed by atoms with Crippen molar-refractivity contribution in [2.45, 2.75) is 19.5 Å². The van der Waals surface area contributed by atoms with E-state index < -0.39 is 5.91 Å². The van der Waals surface area contributed by atoms with E-state index in [-0.39, 0.29) is 12.4 Å². The quantitative estimate of drug-likeness (QED) is 0.538. The topological polar surface area (TPSA) is 74.1 Å². The summed E-state index contributed by atoms with van der Waals surface area (Å²) >= 11 is 0. The Morgan fingerprint density at radius 2 is 1.79 bits per heavy atom. The molecule has 0 radical (unpaired) electrons. The summed E-state index contributed by atoms with van der Waals surface area (Å²) < 4.78 is 20.8. The van der Waals surface area contributed by atoms with Gasteiger partial charge in [0.15, 0.2) is 0 Å². The zero-order valence-electron chi connectivity index (χ0n) is 19.4. The molecule has 1 fully saturated rings. The van der Waals surface area contributed by atoms with Gasteiger partial charge in [0, 0.05) is 64.5 Å². The minimum Gasteiger partial charge on any atom is -0.383 e. The molecule has 0 bridgehead atoms. The van der Waals surface area contributed by atoms with Gasteiger partial charge in [0.2, 0.25) is 0 Å². The highest BCUT2D eigenvalue weighted by Crippen LogP contribution is 2.31. The van der Waals surface area contributed by atoms with Crippen molar-refractivity contribution in [2.24, 2.45) is 0 Å². The van der Waals surface area contributed by atoms with Crippen LogP contribution in [0.3, 0.4) is 0 Å². The van der Waals surface area contributed by atoms with E-state index in [4.69, 9.17) is 4.74 Å². The average molecular weight is 468 g/mol. The Kier molecular flexibility index (Phi) is 6.60. The first-order valence-electron chi connectivity index (χ1n) is 11.7. The van der Waals surface area contributed by atoms with E-state index in [1.54, 1.807) is 25.4 Å². The van der Waals surface area contributed by atoms with Crippen LogP contribution in [-0.2, 0) is 24.2 Å². The van der Waals surface area contributed by atoms with Crippen LogP contribution in [0.1, 0.15) is 27.2 Å². The van der Waals surface area contributed by atoms with Gasteiger partial charge in [0.25, 0.3) is 5.91 Å². The monoisotopic (exact) mass is 467 g/mol. The number of carbonyl (C=O) groups is 1. The molecule has 8 nitrogen and oxygen atoms in total. The number of pyridine rings is 1. The van der Waals surface area contributed by atoms with Crippen LogP contribution in [0.5, 0.6) is 0 Å². The highest BCUT2D eigenvalue weighted by molar-refractivity contribution is 6.00. The molecular weight excluding hydrogens is 437 g/mol. The Balaban J connectivity index is 1.47. The summed E-state index contributed by atoms with van der Waals surface area (Å²) in [5, 5.41) is 11.7. The first-order valence-corrected chi connectivity index (χ1v) is 11.7. The van der Waals surface area contributed by atoms with Gasteiger partial charge in [-0.05, 0) is 35.2 Å². The molecule has 5 rings (SSSR count). The van der Waals surface area contributed by atoms with E-state index >= 15 is 0 Å². The number of carbonyl (C=O) groups excluding carboxylic acids is 1. The fraction of sp³-hybridized carbons (Fsp3) is 0.440. The maximum atomic E-state index is 13.4. The molecule has 34 heavy (non-hydrogen) atoms. The number of amides is 1. The van der Waals surface area contributed by atoms with Crippen molar-refractivity contribution in [1.82, 2.24) is 24.4 Å². The minimum atomic E-state index is -0.452. The van der Waals surface area contributed by atoms with Crippen molar-refractivity contribution in [3.63, 3.8) is 0 Å². The zero-order chi connectivity index (χ0) is 23.7. The molecular formula is C25H30FN5O3. The van der Waals surface area contributed by atoms with Crippen LogP contribution in [-0.4, -0.2) is 88.5 Å². The molecule has 0 saturated carbocycles. The standard InChI is InChI=1S/C25H30FN5O3/c1-34-13-12-28-8-10-29(11-9-28)16-19-17-30(15-18-2-4-20(26)5-3-18)22-14-27-24-21(23(19)22)6-7-31(33)25(24)32/h2-5,14,17,33H,6-13,15-16H2,1H3.